The van der Waals surface area contributed by atoms with E-state index in [9.17, 15) is 0 Å². The number of hydrogen-bond donors (Lipinski definition) is 0. The minimum atomic E-state index is -0.216. The summed E-state index contributed by atoms with van der Waals surface area (Å²) in [6, 6.07) is 74.3. The van der Waals surface area contributed by atoms with Crippen LogP contribution in [0.5, 0.6) is 11.5 Å². The van der Waals surface area contributed by atoms with E-state index in [-0.39, 0.29) is 16.2 Å². The van der Waals surface area contributed by atoms with Gasteiger partial charge in [-0.15, -0.1) is 0 Å². The first-order valence-corrected chi connectivity index (χ1v) is 24.8. The van der Waals surface area contributed by atoms with Crippen LogP contribution in [-0.4, -0.2) is 16.2 Å². The van der Waals surface area contributed by atoms with Gasteiger partial charge in [-0.05, 0) is 116 Å². The smallest absolute Gasteiger partial charge is 0.137 e. The van der Waals surface area contributed by atoms with Crippen molar-refractivity contribution in [2.24, 2.45) is 0 Å². The molecule has 8 aromatic carbocycles. The third-order valence-electron chi connectivity index (χ3n) is 14.7. The van der Waals surface area contributed by atoms with E-state index in [1.165, 1.54) is 44.3 Å². The van der Waals surface area contributed by atoms with Crippen LogP contribution in [0.4, 0.5) is 11.4 Å². The number of ether oxygens (including phenoxy) is 1. The number of nitrogens with zero attached hydrogens (tertiary/aromatic N) is 4. The Bertz CT molecular complexity index is 3570. The van der Waals surface area contributed by atoms with Gasteiger partial charge in [-0.2, -0.15) is 0 Å². The van der Waals surface area contributed by atoms with E-state index >= 15 is 0 Å². The molecule has 0 amide bonds. The lowest BCUT2D eigenvalue weighted by Gasteiger charge is -2.29. The van der Waals surface area contributed by atoms with Crippen LogP contribution in [0.1, 0.15) is 76.3 Å². The lowest BCUT2D eigenvalue weighted by molar-refractivity contribution is 0.483. The molecule has 0 aliphatic carbocycles. The van der Waals surface area contributed by atoms with Crippen molar-refractivity contribution in [3.8, 4) is 39.6 Å². The van der Waals surface area contributed by atoms with E-state index in [0.717, 1.165) is 56.2 Å². The van der Waals surface area contributed by atoms with Gasteiger partial charge in [-0.25, -0.2) is 4.98 Å². The summed E-state index contributed by atoms with van der Waals surface area (Å²) in [7, 11) is 0. The highest BCUT2D eigenvalue weighted by Gasteiger charge is 2.28. The first-order valence-electron chi connectivity index (χ1n) is 24.8. The Morgan fingerprint density at radius 3 is 1.56 bits per heavy atom. The summed E-state index contributed by atoms with van der Waals surface area (Å²) < 4.78 is 9.33. The maximum Gasteiger partial charge on any atom is 0.137 e. The Hall–Kier alpha value is -8.15. The summed E-state index contributed by atoms with van der Waals surface area (Å²) in [6.45, 7) is 16.7. The molecule has 1 aliphatic heterocycles. The molecule has 2 aromatic heterocycles. The molecule has 0 spiro atoms. The summed E-state index contributed by atoms with van der Waals surface area (Å²) in [5, 5.41) is 2.33. The maximum atomic E-state index is 7.02. The Morgan fingerprint density at radius 1 is 0.394 bits per heavy atom. The van der Waals surface area contributed by atoms with E-state index in [0.29, 0.717) is 6.67 Å². The van der Waals surface area contributed by atoms with Gasteiger partial charge in [-0.1, -0.05) is 182 Å². The second-order valence-corrected chi connectivity index (χ2v) is 21.1. The number of anilines is 2. The Labute approximate surface area is 419 Å². The molecule has 0 N–H and O–H groups in total. The molecule has 0 radical (unpaired) electrons. The van der Waals surface area contributed by atoms with Crippen molar-refractivity contribution in [3.63, 3.8) is 0 Å². The van der Waals surface area contributed by atoms with Crippen LogP contribution in [0.2, 0.25) is 0 Å². The number of rotatable bonds is 11. The fraction of sp³-hybridized carbons (Fsp3) is 0.167. The van der Waals surface area contributed by atoms with Crippen LogP contribution in [0.15, 0.2) is 225 Å². The van der Waals surface area contributed by atoms with Crippen molar-refractivity contribution < 1.29 is 4.74 Å². The Kier molecular flexibility index (Phi) is 11.5. The van der Waals surface area contributed by atoms with Crippen LogP contribution in [0.25, 0.3) is 49.9 Å². The predicted molar refractivity (Wildman–Crippen MR) is 297 cm³/mol. The fourth-order valence-electron chi connectivity index (χ4n) is 10.2. The van der Waals surface area contributed by atoms with Gasteiger partial charge in [0.2, 0.25) is 0 Å². The zero-order valence-electron chi connectivity index (χ0n) is 41.8. The molecule has 0 saturated heterocycles. The van der Waals surface area contributed by atoms with Gasteiger partial charge in [0.05, 0.1) is 17.7 Å². The third kappa shape index (κ3) is 8.78. The van der Waals surface area contributed by atoms with Gasteiger partial charge in [-0.3, -0.25) is 4.57 Å². The topological polar surface area (TPSA) is 33.5 Å². The minimum absolute atomic E-state index is 0.0466. The summed E-state index contributed by atoms with van der Waals surface area (Å²) in [5.74, 6) is 2.39. The average Bonchev–Trinajstić information content (AvgIpc) is 4.03. The molecule has 0 atom stereocenters. The molecule has 0 fully saturated rings. The first-order chi connectivity index (χ1) is 34.3. The van der Waals surface area contributed by atoms with E-state index < -0.39 is 0 Å². The van der Waals surface area contributed by atoms with Gasteiger partial charge < -0.3 is 14.5 Å². The van der Waals surface area contributed by atoms with Crippen molar-refractivity contribution in [1.82, 2.24) is 9.55 Å². The molecule has 11 rings (SSSR count). The second-order valence-electron chi connectivity index (χ2n) is 21.1. The summed E-state index contributed by atoms with van der Waals surface area (Å²) in [4.78, 5) is 9.66. The molecule has 0 saturated carbocycles. The number of fused-ring (bicyclic) bond motifs is 3. The zero-order chi connectivity index (χ0) is 48.9. The van der Waals surface area contributed by atoms with Crippen LogP contribution >= 0.6 is 0 Å². The molecule has 1 aliphatic rings. The highest BCUT2D eigenvalue weighted by Crippen LogP contribution is 2.42. The summed E-state index contributed by atoms with van der Waals surface area (Å²) >= 11 is 0. The first kappa shape index (κ1) is 45.3. The molecule has 0 unspecified atom stereocenters. The average molecular weight is 925 g/mol. The van der Waals surface area contributed by atoms with Crippen LogP contribution < -0.4 is 14.5 Å². The van der Waals surface area contributed by atoms with Crippen molar-refractivity contribution in [3.05, 3.63) is 253 Å². The van der Waals surface area contributed by atoms with Crippen LogP contribution in [0.3, 0.4) is 0 Å². The van der Waals surface area contributed by atoms with Crippen LogP contribution in [-0.2, 0) is 16.2 Å². The molecule has 5 heteroatoms. The molecule has 10 aromatic rings. The lowest BCUT2D eigenvalue weighted by atomic mass is 9.77. The van der Waals surface area contributed by atoms with E-state index in [1.807, 2.05) is 6.20 Å². The minimum Gasteiger partial charge on any atom is -0.457 e. The maximum absolute atomic E-state index is 7.02. The zero-order valence-corrected chi connectivity index (χ0v) is 41.8. The normalized spacial score (nSPS) is 13.1. The highest BCUT2D eigenvalue weighted by atomic mass is 16.5. The Balaban J connectivity index is 0.979. The predicted octanol–water partition coefficient (Wildman–Crippen LogP) is 17.0. The van der Waals surface area contributed by atoms with Crippen molar-refractivity contribution >= 4 is 33.2 Å². The monoisotopic (exact) mass is 924 g/mol. The molecule has 5 nitrogen and oxygen atoms in total. The van der Waals surface area contributed by atoms with Crippen molar-refractivity contribution in [2.45, 2.75) is 64.7 Å². The second kappa shape index (κ2) is 18.0. The number of pyridine rings is 1. The van der Waals surface area contributed by atoms with Crippen molar-refractivity contribution in [2.75, 3.05) is 16.5 Å². The Morgan fingerprint density at radius 2 is 0.958 bits per heavy atom. The summed E-state index contributed by atoms with van der Waals surface area (Å²) in [5.41, 5.74) is 14.8. The van der Waals surface area contributed by atoms with Crippen LogP contribution in [0, 0.1) is 0 Å². The molecule has 71 heavy (non-hydrogen) atoms. The highest BCUT2D eigenvalue weighted by molar-refractivity contribution is 6.10. The number of benzene rings is 8. The SMILES string of the molecule is CC(C)(C)c1ccnc(-n2c3ccc(C(C)(C)c4ccccc4)cc3c3ccc(Oc4cc(-c5ccccc5)cc(N5C=CN(c6cc(-c7ccccc7)cc(C(C)(C)c7ccccc7)c6)C5)c4)cc32)c1. The lowest BCUT2D eigenvalue weighted by Crippen LogP contribution is -2.25. The molecular weight excluding hydrogens is 865 g/mol. The van der Waals surface area contributed by atoms with E-state index in [4.69, 9.17) is 9.72 Å². The quantitative estimate of drug-likeness (QED) is 0.129. The molecule has 3 heterocycles. The fourth-order valence-corrected chi connectivity index (χ4v) is 10.2. The molecular formula is C66H60N4O. The largest absolute Gasteiger partial charge is 0.457 e. The molecule has 0 bridgehead atoms. The standard InChI is InChI=1S/C66H60N4O/c1-64(2,3)52-32-33-67-63(42-52)70-61-31-28-53(65(4,5)50-24-16-10-17-25-50)41-60(61)59-30-29-57(44-62(59)70)71-58-39-49(47-22-14-9-15-23-47)38-56(43-58)69-35-34-68(45-69)55-37-48(46-20-12-8-13-21-46)36-54(40-55)66(6,7)51-26-18-11-19-27-51/h8-44H,45H2,1-7H3. The number of hydrogen-bond acceptors (Lipinski definition) is 4. The van der Waals surface area contributed by atoms with Gasteiger partial charge in [0.1, 0.15) is 17.3 Å². The van der Waals surface area contributed by atoms with Gasteiger partial charge in [0, 0.05) is 63.7 Å². The molecule has 350 valence electrons. The van der Waals surface area contributed by atoms with E-state index in [1.54, 1.807) is 0 Å². The summed E-state index contributed by atoms with van der Waals surface area (Å²) in [6.07, 6.45) is 6.32. The van der Waals surface area contributed by atoms with Gasteiger partial charge in [0.25, 0.3) is 0 Å². The number of aromatic nitrogens is 2. The van der Waals surface area contributed by atoms with Gasteiger partial charge >= 0.3 is 0 Å². The van der Waals surface area contributed by atoms with E-state index in [2.05, 4.69) is 281 Å². The third-order valence-corrected chi connectivity index (χ3v) is 14.7. The van der Waals surface area contributed by atoms with Crippen molar-refractivity contribution in [1.29, 1.82) is 0 Å². The van der Waals surface area contributed by atoms with Gasteiger partial charge in [0.15, 0.2) is 0 Å².